The minimum Gasteiger partial charge on any atom is -0.756 e. The van der Waals surface area contributed by atoms with Gasteiger partial charge in [-0.25, -0.2) is 0 Å². The van der Waals surface area contributed by atoms with Gasteiger partial charge >= 0.3 is 0 Å². The van der Waals surface area contributed by atoms with Crippen LogP contribution in [0.15, 0.2) is 48.6 Å². The molecule has 0 rings (SSSR count). The van der Waals surface area contributed by atoms with E-state index in [0.29, 0.717) is 17.4 Å². The molecule has 0 aromatic heterocycles. The molecular weight excluding hydrogens is 792 g/mol. The van der Waals surface area contributed by atoms with Gasteiger partial charge in [0.05, 0.1) is 39.9 Å². The van der Waals surface area contributed by atoms with Gasteiger partial charge in [-0.3, -0.25) is 9.36 Å². The number of unbranched alkanes of at least 4 members (excludes halogenated alkanes) is 28. The Labute approximate surface area is 384 Å². The number of carbonyl (C=O) groups is 1. The third-order valence-corrected chi connectivity index (χ3v) is 12.5. The third-order valence-electron chi connectivity index (χ3n) is 11.5. The lowest BCUT2D eigenvalue weighted by molar-refractivity contribution is -0.870. The molecule has 0 heterocycles. The number of carbonyl (C=O) groups excluding carboxylic acids is 1. The summed E-state index contributed by atoms with van der Waals surface area (Å²) >= 11 is 0. The Morgan fingerprint density at radius 1 is 0.565 bits per heavy atom. The lowest BCUT2D eigenvalue weighted by Gasteiger charge is -2.29. The van der Waals surface area contributed by atoms with E-state index in [0.717, 1.165) is 44.9 Å². The highest BCUT2D eigenvalue weighted by molar-refractivity contribution is 7.45. The number of hydrogen-bond acceptors (Lipinski definition) is 6. The zero-order valence-corrected chi connectivity index (χ0v) is 42.2. The maximum absolute atomic E-state index is 12.9. The van der Waals surface area contributed by atoms with E-state index in [1.165, 1.54) is 167 Å². The van der Waals surface area contributed by atoms with Gasteiger partial charge in [0.2, 0.25) is 5.91 Å². The predicted molar refractivity (Wildman–Crippen MR) is 265 cm³/mol. The number of nitrogens with one attached hydrogen (secondary N) is 1. The molecule has 0 aliphatic heterocycles. The fourth-order valence-corrected chi connectivity index (χ4v) is 8.10. The van der Waals surface area contributed by atoms with Crippen LogP contribution in [-0.4, -0.2) is 68.5 Å². The second kappa shape index (κ2) is 44.7. The summed E-state index contributed by atoms with van der Waals surface area (Å²) in [5.74, 6) is -0.210. The zero-order valence-electron chi connectivity index (χ0n) is 41.3. The number of quaternary nitrogens is 1. The molecule has 0 saturated heterocycles. The molecule has 0 bridgehead atoms. The summed E-state index contributed by atoms with van der Waals surface area (Å²) in [5.41, 5.74) is 0. The van der Waals surface area contributed by atoms with Crippen molar-refractivity contribution in [3.8, 4) is 0 Å². The second-order valence-corrected chi connectivity index (χ2v) is 20.3. The molecule has 2 N–H and O–H groups in total. The fourth-order valence-electron chi connectivity index (χ4n) is 7.38. The third kappa shape index (κ3) is 46.5. The predicted octanol–water partition coefficient (Wildman–Crippen LogP) is 14.6. The fraction of sp³-hybridized carbons (Fsp3) is 0.830. The molecule has 0 spiro atoms. The Bertz CT molecular complexity index is 1150. The number of nitrogens with zero attached hydrogens (tertiary/aromatic N) is 1. The van der Waals surface area contributed by atoms with Gasteiger partial charge in [-0.15, -0.1) is 0 Å². The van der Waals surface area contributed by atoms with Crippen molar-refractivity contribution in [1.29, 1.82) is 0 Å². The van der Waals surface area contributed by atoms with Gasteiger partial charge in [0.25, 0.3) is 7.82 Å². The maximum Gasteiger partial charge on any atom is 0.268 e. The summed E-state index contributed by atoms with van der Waals surface area (Å²) in [4.78, 5) is 25.3. The van der Waals surface area contributed by atoms with Crippen LogP contribution in [0, 0.1) is 0 Å². The van der Waals surface area contributed by atoms with Gasteiger partial charge in [0, 0.05) is 6.42 Å². The van der Waals surface area contributed by atoms with Crippen molar-refractivity contribution in [3.63, 3.8) is 0 Å². The lowest BCUT2D eigenvalue weighted by Crippen LogP contribution is -2.45. The van der Waals surface area contributed by atoms with Gasteiger partial charge in [-0.1, -0.05) is 210 Å². The SMILES string of the molecule is CCCCCCC/C=C/CC/C=C/C(O)C(COP(=O)([O-])OCC[N+](C)(C)C)NC(=O)CCCCCCCCCCCCCCC/C=C\C/C=C\CCCCCCCCCCC. The first-order valence-electron chi connectivity index (χ1n) is 26.0. The smallest absolute Gasteiger partial charge is 0.268 e. The Kier molecular flexibility index (Phi) is 43.5. The molecule has 9 heteroatoms. The molecular formula is C53H101N2O6P. The summed E-state index contributed by atoms with van der Waals surface area (Å²) in [5, 5.41) is 13.8. The Hall–Kier alpha value is -1.54. The molecule has 0 aliphatic rings. The van der Waals surface area contributed by atoms with Gasteiger partial charge in [0.1, 0.15) is 13.2 Å². The molecule has 62 heavy (non-hydrogen) atoms. The number of phosphoric ester groups is 1. The quantitative estimate of drug-likeness (QED) is 0.0273. The standard InChI is InChI=1S/C53H101N2O6P/c1-6-8-10-12-14-16-18-19-20-21-22-23-24-25-26-27-28-29-30-31-32-33-34-35-37-39-41-43-45-47-53(57)54-51(50-61-62(58,59)60-49-48-55(3,4)5)52(56)46-44-42-40-38-36-17-15-13-11-9-7-2/h22-23,25-26,36,38,44,46,51-52,56H,6-21,24,27-35,37,39-43,45,47-50H2,1-5H3,(H-,54,57,58,59)/b23-22-,26-25-,38-36+,46-44+. The first-order chi connectivity index (χ1) is 30.0. The van der Waals surface area contributed by atoms with Gasteiger partial charge < -0.3 is 28.8 Å². The van der Waals surface area contributed by atoms with Crippen molar-refractivity contribution in [2.24, 2.45) is 0 Å². The maximum atomic E-state index is 12.9. The molecule has 3 unspecified atom stereocenters. The molecule has 364 valence electrons. The molecule has 0 aromatic rings. The highest BCUT2D eigenvalue weighted by Gasteiger charge is 2.23. The number of hydrogen-bond donors (Lipinski definition) is 2. The molecule has 0 saturated carbocycles. The van der Waals surface area contributed by atoms with Crippen molar-refractivity contribution in [2.45, 2.75) is 244 Å². The number of amides is 1. The number of phosphoric acid groups is 1. The van der Waals surface area contributed by atoms with Gasteiger partial charge in [-0.05, 0) is 64.2 Å². The van der Waals surface area contributed by atoms with Crippen LogP contribution in [-0.2, 0) is 18.4 Å². The number of rotatable bonds is 47. The summed E-state index contributed by atoms with van der Waals surface area (Å²) in [6.07, 6.45) is 57.6. The molecule has 0 radical (unpaired) electrons. The van der Waals surface area contributed by atoms with Crippen LogP contribution in [0.1, 0.15) is 232 Å². The van der Waals surface area contributed by atoms with Crippen LogP contribution >= 0.6 is 7.82 Å². The Balaban J connectivity index is 4.11. The first-order valence-corrected chi connectivity index (χ1v) is 27.5. The number of aliphatic hydroxyl groups is 1. The minimum absolute atomic E-state index is 0.00727. The van der Waals surface area contributed by atoms with Crippen molar-refractivity contribution < 1.29 is 32.9 Å². The van der Waals surface area contributed by atoms with E-state index in [1.54, 1.807) is 6.08 Å². The van der Waals surface area contributed by atoms with Crippen LogP contribution < -0.4 is 10.2 Å². The van der Waals surface area contributed by atoms with Gasteiger partial charge in [0.15, 0.2) is 0 Å². The van der Waals surface area contributed by atoms with Gasteiger partial charge in [-0.2, -0.15) is 0 Å². The Morgan fingerprint density at radius 2 is 0.952 bits per heavy atom. The average molecular weight is 893 g/mol. The average Bonchev–Trinajstić information content (AvgIpc) is 3.23. The number of allylic oxidation sites excluding steroid dienone is 7. The van der Waals surface area contributed by atoms with E-state index < -0.39 is 26.6 Å². The van der Waals surface area contributed by atoms with E-state index in [-0.39, 0.29) is 12.5 Å². The van der Waals surface area contributed by atoms with Crippen molar-refractivity contribution in [2.75, 3.05) is 40.9 Å². The van der Waals surface area contributed by atoms with E-state index >= 15 is 0 Å². The van der Waals surface area contributed by atoms with E-state index in [9.17, 15) is 19.4 Å². The zero-order chi connectivity index (χ0) is 45.7. The van der Waals surface area contributed by atoms with Crippen LogP contribution in [0.5, 0.6) is 0 Å². The van der Waals surface area contributed by atoms with E-state index in [2.05, 4.69) is 55.6 Å². The summed E-state index contributed by atoms with van der Waals surface area (Å²) in [6, 6.07) is -0.902. The molecule has 1 amide bonds. The van der Waals surface area contributed by atoms with E-state index in [1.807, 2.05) is 27.2 Å². The normalized spacial score (nSPS) is 14.5. The molecule has 3 atom stereocenters. The molecule has 0 aromatic carbocycles. The van der Waals surface area contributed by atoms with Crippen LogP contribution in [0.2, 0.25) is 0 Å². The van der Waals surface area contributed by atoms with Crippen LogP contribution in [0.4, 0.5) is 0 Å². The molecule has 0 fully saturated rings. The molecule has 0 aliphatic carbocycles. The van der Waals surface area contributed by atoms with E-state index in [4.69, 9.17) is 9.05 Å². The monoisotopic (exact) mass is 893 g/mol. The minimum atomic E-state index is -4.60. The summed E-state index contributed by atoms with van der Waals surface area (Å²) in [7, 11) is 1.24. The number of likely N-dealkylation sites (N-methyl/N-ethyl adjacent to an activating group) is 1. The highest BCUT2D eigenvalue weighted by Crippen LogP contribution is 2.38. The largest absolute Gasteiger partial charge is 0.756 e. The Morgan fingerprint density at radius 3 is 1.40 bits per heavy atom. The summed E-state index contributed by atoms with van der Waals surface area (Å²) in [6.45, 7) is 4.60. The molecule has 8 nitrogen and oxygen atoms in total. The topological polar surface area (TPSA) is 108 Å². The van der Waals surface area contributed by atoms with Crippen molar-refractivity contribution in [1.82, 2.24) is 5.32 Å². The highest BCUT2D eigenvalue weighted by atomic mass is 31.2. The van der Waals surface area contributed by atoms with Crippen molar-refractivity contribution >= 4 is 13.7 Å². The summed E-state index contributed by atoms with van der Waals surface area (Å²) < 4.78 is 23.2. The second-order valence-electron chi connectivity index (χ2n) is 18.9. The van der Waals surface area contributed by atoms with Crippen molar-refractivity contribution in [3.05, 3.63) is 48.6 Å². The van der Waals surface area contributed by atoms with Crippen LogP contribution in [0.3, 0.4) is 0 Å². The first kappa shape index (κ1) is 60.5. The van der Waals surface area contributed by atoms with Crippen LogP contribution in [0.25, 0.3) is 0 Å². The number of aliphatic hydroxyl groups excluding tert-OH is 1. The lowest BCUT2D eigenvalue weighted by atomic mass is 10.0.